The number of benzene rings is 3. The Hall–Kier alpha value is -5.11. The Labute approximate surface area is 454 Å². The number of hydrogen-bond acceptors (Lipinski definition) is 17. The molecule has 0 bridgehead atoms. The van der Waals surface area contributed by atoms with Crippen LogP contribution in [-0.4, -0.2) is 136 Å². The van der Waals surface area contributed by atoms with E-state index in [1.165, 1.54) is 66.0 Å². The van der Waals surface area contributed by atoms with E-state index in [0.717, 1.165) is 27.9 Å². The lowest BCUT2D eigenvalue weighted by atomic mass is 9.95. The summed E-state index contributed by atoms with van der Waals surface area (Å²) >= 11 is 18.7. The molecule has 74 heavy (non-hydrogen) atoms. The largest absolute Gasteiger partial charge is 0.480 e. The van der Waals surface area contributed by atoms with Gasteiger partial charge in [-0.3, -0.25) is 28.3 Å². The Morgan fingerprint density at radius 3 is 2.36 bits per heavy atom. The van der Waals surface area contributed by atoms with Crippen LogP contribution in [0.2, 0.25) is 10.0 Å². The number of esters is 2. The van der Waals surface area contributed by atoms with Gasteiger partial charge in [0.1, 0.15) is 23.7 Å². The minimum atomic E-state index is -3.66. The van der Waals surface area contributed by atoms with Crippen LogP contribution in [0.3, 0.4) is 0 Å². The third kappa shape index (κ3) is 17.2. The fourth-order valence-electron chi connectivity index (χ4n) is 7.63. The van der Waals surface area contributed by atoms with Crippen LogP contribution in [0.25, 0.3) is 11.0 Å². The molecular weight excluding hydrogens is 1100 g/mol. The van der Waals surface area contributed by atoms with Gasteiger partial charge in [-0.05, 0) is 90.7 Å². The summed E-state index contributed by atoms with van der Waals surface area (Å²) in [5, 5.41) is 24.7. The molecule has 1 aliphatic heterocycles. The molecule has 19 nitrogen and oxygen atoms in total. The van der Waals surface area contributed by atoms with Crippen LogP contribution in [0.15, 0.2) is 70.2 Å². The molecule has 0 spiro atoms. The fourth-order valence-corrected chi connectivity index (χ4v) is 13.7. The number of carboxylic acid groups (broad SMARTS) is 2. The topological polar surface area (TPSA) is 273 Å². The highest BCUT2D eigenvalue weighted by atomic mass is 35.5. The van der Waals surface area contributed by atoms with E-state index >= 15 is 0 Å². The van der Waals surface area contributed by atoms with Crippen molar-refractivity contribution in [2.45, 2.75) is 93.6 Å². The van der Waals surface area contributed by atoms with Crippen molar-refractivity contribution in [2.24, 2.45) is 0 Å². The van der Waals surface area contributed by atoms with Crippen molar-refractivity contribution >= 4 is 138 Å². The number of ether oxygens (including phenoxy) is 2. The first-order chi connectivity index (χ1) is 35.1. The lowest BCUT2D eigenvalue weighted by Gasteiger charge is -2.30. The van der Waals surface area contributed by atoms with Gasteiger partial charge >= 0.3 is 23.9 Å². The highest BCUT2D eigenvalue weighted by Crippen LogP contribution is 2.36. The molecule has 3 aromatic carbocycles. The third-order valence-corrected chi connectivity index (χ3v) is 17.8. The van der Waals surface area contributed by atoms with Crippen molar-refractivity contribution in [3.8, 4) is 0 Å². The summed E-state index contributed by atoms with van der Waals surface area (Å²) in [4.78, 5) is 103. The number of unbranched alkanes of at least 4 members (excludes halogenated alkanes) is 1. The molecule has 0 fully saturated rings. The zero-order chi connectivity index (χ0) is 54.3. The summed E-state index contributed by atoms with van der Waals surface area (Å²) in [5.74, 6) is -5.99. The Kier molecular flexibility index (Phi) is 22.7. The number of nitrogens with one attached hydrogen (secondary N) is 2. The Morgan fingerprint density at radius 1 is 0.932 bits per heavy atom. The summed E-state index contributed by atoms with van der Waals surface area (Å²) < 4.78 is 41.9. The summed E-state index contributed by atoms with van der Waals surface area (Å²) in [6.45, 7) is 2.03. The standard InChI is InChI=1S/C48H54Cl2N4O15S5/c1-27(55)51-38(46(60)61)25-72-73-33(15-18-71-54(28(2)56)39(24-70)47(62)63)8-4-5-10-41(57)68-26-69-48(64)37(20-29-7-6-9-34(19-29)74(3,65)66)52-44(58)42-36(49)21-32-23-53(16-13-35(32)43(42)50)45(59)31-12-11-30-14-17-67-40(30)22-31/h6-7,9,11-12,14,17,19,21-22,33,37-39,70H,4-5,8,10,13,15-16,18,20,23-26H2,1-3H3,(H,51,55)(H,52,58)(H,60,61)(H,62,63)/t33-,37+,38+,39+/m1/s1. The molecule has 400 valence electrons. The molecule has 1 aromatic heterocycles. The van der Waals surface area contributed by atoms with Crippen LogP contribution < -0.4 is 10.6 Å². The molecule has 0 radical (unpaired) electrons. The maximum Gasteiger partial charge on any atom is 0.331 e. The molecule has 0 saturated carbocycles. The monoisotopic (exact) mass is 1160 g/mol. The van der Waals surface area contributed by atoms with Crippen LogP contribution in [0.5, 0.6) is 0 Å². The summed E-state index contributed by atoms with van der Waals surface area (Å²) in [5.41, 5.74) is 2.38. The number of carbonyl (C=O) groups excluding carboxylic acids is 6. The Balaban J connectivity index is 1.20. The Bertz CT molecular complexity index is 2850. The maximum absolute atomic E-state index is 14.0. The van der Waals surface area contributed by atoms with E-state index in [2.05, 4.69) is 23.3 Å². The predicted octanol–water partition coefficient (Wildman–Crippen LogP) is 6.90. The molecule has 0 saturated heterocycles. The van der Waals surface area contributed by atoms with Gasteiger partial charge in [-0.25, -0.2) is 22.8 Å². The number of sulfone groups is 1. The number of amides is 4. The second kappa shape index (κ2) is 28.1. The van der Waals surface area contributed by atoms with Gasteiger partial charge in [0, 0.05) is 79.5 Å². The van der Waals surface area contributed by atoms with Crippen LogP contribution in [0, 0.1) is 0 Å². The normalized spacial score (nSPS) is 13.9. The van der Waals surface area contributed by atoms with E-state index in [1.54, 1.807) is 35.2 Å². The zero-order valence-electron chi connectivity index (χ0n) is 40.2. The number of furan rings is 1. The minimum Gasteiger partial charge on any atom is -0.480 e. The van der Waals surface area contributed by atoms with Crippen molar-refractivity contribution < 1.29 is 70.9 Å². The lowest BCUT2D eigenvalue weighted by Crippen LogP contribution is -2.44. The SMILES string of the molecule is CC(=O)N[C@@H](CSS[C@H](CCCCC(=O)OCOC(=O)[C@H](Cc1cccc(S(C)(=O)=O)c1)NC(=O)c1c(Cl)cc2c(c1Cl)CCN(C(=O)c1ccc3ccoc3c1)C2)CCSN(C(C)=O)[C@@H](CS)C(=O)O)C(=O)O. The zero-order valence-corrected chi connectivity index (χ0v) is 45.9. The number of nitrogens with zero attached hydrogens (tertiary/aromatic N) is 2. The summed E-state index contributed by atoms with van der Waals surface area (Å²) in [6, 6.07) is 10.5. The molecular formula is C48H54Cl2N4O15S5. The summed E-state index contributed by atoms with van der Waals surface area (Å²) in [6.07, 6.45) is 4.24. The number of halogens is 2. The average Bonchev–Trinajstić information content (AvgIpc) is 3.81. The van der Waals surface area contributed by atoms with Crippen LogP contribution in [0.1, 0.15) is 83.4 Å². The van der Waals surface area contributed by atoms with Gasteiger partial charge < -0.3 is 39.6 Å². The highest BCUT2D eigenvalue weighted by molar-refractivity contribution is 8.77. The molecule has 4 N–H and O–H groups in total. The minimum absolute atomic E-state index is 0.0170. The van der Waals surface area contributed by atoms with Gasteiger partial charge in [0.05, 0.1) is 26.8 Å². The molecule has 5 rings (SSSR count). The van der Waals surface area contributed by atoms with E-state index in [4.69, 9.17) is 37.1 Å². The van der Waals surface area contributed by atoms with Crippen LogP contribution in [0.4, 0.5) is 0 Å². The highest BCUT2D eigenvalue weighted by Gasteiger charge is 2.32. The second-order valence-electron chi connectivity index (χ2n) is 16.9. The quantitative estimate of drug-likeness (QED) is 0.0101. The molecule has 0 unspecified atom stereocenters. The molecule has 4 aromatic rings. The second-order valence-corrected chi connectivity index (χ2v) is 23.9. The van der Waals surface area contributed by atoms with Gasteiger partial charge in [0.25, 0.3) is 11.8 Å². The first-order valence-electron chi connectivity index (χ1n) is 22.8. The number of aliphatic carboxylic acids is 2. The van der Waals surface area contributed by atoms with E-state index in [0.29, 0.717) is 59.3 Å². The number of thiol groups is 1. The van der Waals surface area contributed by atoms with Crippen LogP contribution >= 0.6 is 69.4 Å². The smallest absolute Gasteiger partial charge is 0.331 e. The number of rotatable bonds is 27. The first kappa shape index (κ1) is 59.8. The van der Waals surface area contributed by atoms with Crippen molar-refractivity contribution in [1.82, 2.24) is 19.8 Å². The molecule has 26 heteroatoms. The number of hydrogen-bond donors (Lipinski definition) is 5. The van der Waals surface area contributed by atoms with Crippen LogP contribution in [-0.2, 0) is 67.5 Å². The van der Waals surface area contributed by atoms with E-state index < -0.39 is 76.4 Å². The summed E-state index contributed by atoms with van der Waals surface area (Å²) in [7, 11) is -1.09. The van der Waals surface area contributed by atoms with Gasteiger partial charge in [-0.2, -0.15) is 12.6 Å². The van der Waals surface area contributed by atoms with Gasteiger partial charge in [-0.1, -0.05) is 69.4 Å². The van der Waals surface area contributed by atoms with E-state index in [-0.39, 0.29) is 75.5 Å². The number of fused-ring (bicyclic) bond motifs is 2. The molecule has 1 aliphatic rings. The van der Waals surface area contributed by atoms with Gasteiger partial charge in [0.2, 0.25) is 18.6 Å². The molecule has 4 amide bonds. The fraction of sp³-hybridized carbons (Fsp3) is 0.417. The van der Waals surface area contributed by atoms with Crippen molar-refractivity contribution in [2.75, 3.05) is 36.9 Å². The molecule has 0 aliphatic carbocycles. The maximum atomic E-state index is 14.0. The third-order valence-electron chi connectivity index (χ3n) is 11.4. The van der Waals surface area contributed by atoms with Crippen molar-refractivity contribution in [3.63, 3.8) is 0 Å². The van der Waals surface area contributed by atoms with Gasteiger partial charge in [0.15, 0.2) is 9.84 Å². The molecule has 4 atom stereocenters. The number of carbonyl (C=O) groups is 8. The predicted molar refractivity (Wildman–Crippen MR) is 285 cm³/mol. The first-order valence-corrected chi connectivity index (χ1v) is 29.4. The van der Waals surface area contributed by atoms with E-state index in [9.17, 15) is 57.0 Å². The molecule has 2 heterocycles. The Morgan fingerprint density at radius 2 is 1.69 bits per heavy atom. The van der Waals surface area contributed by atoms with Gasteiger partial charge in [-0.15, -0.1) is 0 Å². The van der Waals surface area contributed by atoms with Crippen molar-refractivity contribution in [1.29, 1.82) is 0 Å². The van der Waals surface area contributed by atoms with E-state index in [1.807, 2.05) is 0 Å². The number of carboxylic acids is 2. The van der Waals surface area contributed by atoms with Crippen molar-refractivity contribution in [3.05, 3.63) is 98.7 Å². The average molecular weight is 1160 g/mol. The lowest BCUT2D eigenvalue weighted by molar-refractivity contribution is -0.168.